The fourth-order valence-electron chi connectivity index (χ4n) is 1.28. The van der Waals surface area contributed by atoms with E-state index >= 15 is 0 Å². The van der Waals surface area contributed by atoms with E-state index in [0.717, 1.165) is 12.1 Å². The third kappa shape index (κ3) is 2.44. The van der Waals surface area contributed by atoms with E-state index in [0.29, 0.717) is 0 Å². The third-order valence-corrected chi connectivity index (χ3v) is 2.11. The van der Waals surface area contributed by atoms with Gasteiger partial charge in [0.25, 0.3) is 0 Å². The average Bonchev–Trinajstić information content (AvgIpc) is 2.26. The van der Waals surface area contributed by atoms with Crippen molar-refractivity contribution in [2.75, 3.05) is 0 Å². The highest BCUT2D eigenvalue weighted by molar-refractivity contribution is 5.89. The molecule has 0 bridgehead atoms. The molecule has 0 amide bonds. The Bertz CT molecular complexity index is 469. The molecule has 0 radical (unpaired) electrons. The second kappa shape index (κ2) is 4.69. The first-order valence-electron chi connectivity index (χ1n) is 4.43. The molecule has 0 saturated heterocycles. The standard InChI is InChI=1S/C10H9NO6/c11-3-7(14)9(15)8-5(12)1-4(10(16)17)2-6(8)13/h1-2,7,9,12-15H,(H,16,17). The van der Waals surface area contributed by atoms with Gasteiger partial charge in [-0.2, -0.15) is 5.26 Å². The molecule has 5 N–H and O–H groups in total. The first-order valence-corrected chi connectivity index (χ1v) is 4.43. The minimum Gasteiger partial charge on any atom is -0.507 e. The van der Waals surface area contributed by atoms with Crippen LogP contribution in [0.4, 0.5) is 0 Å². The SMILES string of the molecule is N#CC(O)C(O)c1c(O)cc(C(=O)O)cc1O. The van der Waals surface area contributed by atoms with Crippen LogP contribution in [0.5, 0.6) is 11.5 Å². The highest BCUT2D eigenvalue weighted by atomic mass is 16.4. The molecule has 0 aliphatic heterocycles. The smallest absolute Gasteiger partial charge is 0.335 e. The van der Waals surface area contributed by atoms with Crippen LogP contribution in [0.3, 0.4) is 0 Å². The lowest BCUT2D eigenvalue weighted by Gasteiger charge is -2.15. The molecule has 0 saturated carbocycles. The molecule has 2 unspecified atom stereocenters. The lowest BCUT2D eigenvalue weighted by Crippen LogP contribution is -2.16. The van der Waals surface area contributed by atoms with E-state index in [1.165, 1.54) is 6.07 Å². The number of nitriles is 1. The monoisotopic (exact) mass is 239 g/mol. The number of hydrogen-bond donors (Lipinski definition) is 5. The number of carboxylic acid groups (broad SMARTS) is 1. The summed E-state index contributed by atoms with van der Waals surface area (Å²) in [6.07, 6.45) is -3.68. The van der Waals surface area contributed by atoms with Crippen molar-refractivity contribution >= 4 is 5.97 Å². The van der Waals surface area contributed by atoms with Gasteiger partial charge in [-0.25, -0.2) is 4.79 Å². The number of aromatic hydroxyl groups is 2. The van der Waals surface area contributed by atoms with Crippen molar-refractivity contribution in [3.05, 3.63) is 23.3 Å². The molecule has 7 heteroatoms. The summed E-state index contributed by atoms with van der Waals surface area (Å²) in [6.45, 7) is 0. The van der Waals surface area contributed by atoms with Crippen molar-refractivity contribution in [2.24, 2.45) is 0 Å². The van der Waals surface area contributed by atoms with Crippen LogP contribution in [0.1, 0.15) is 22.0 Å². The van der Waals surface area contributed by atoms with Crippen LogP contribution < -0.4 is 0 Å². The summed E-state index contributed by atoms with van der Waals surface area (Å²) in [7, 11) is 0. The molecule has 17 heavy (non-hydrogen) atoms. The van der Waals surface area contributed by atoms with E-state index in [2.05, 4.69) is 0 Å². The van der Waals surface area contributed by atoms with E-state index in [4.69, 9.17) is 15.5 Å². The fraction of sp³-hybridized carbons (Fsp3) is 0.200. The molecule has 1 rings (SSSR count). The van der Waals surface area contributed by atoms with Gasteiger partial charge >= 0.3 is 5.97 Å². The molecular weight excluding hydrogens is 230 g/mol. The average molecular weight is 239 g/mol. The van der Waals surface area contributed by atoms with E-state index < -0.39 is 35.2 Å². The second-order valence-corrected chi connectivity index (χ2v) is 3.25. The number of benzene rings is 1. The van der Waals surface area contributed by atoms with Crippen molar-refractivity contribution in [3.63, 3.8) is 0 Å². The van der Waals surface area contributed by atoms with Crippen molar-refractivity contribution < 1.29 is 30.3 Å². The number of carboxylic acids is 1. The zero-order valence-electron chi connectivity index (χ0n) is 8.40. The Labute approximate surface area is 95.4 Å². The molecule has 90 valence electrons. The Morgan fingerprint density at radius 3 is 2.06 bits per heavy atom. The molecule has 1 aromatic rings. The first-order chi connectivity index (χ1) is 7.88. The number of rotatable bonds is 3. The lowest BCUT2D eigenvalue weighted by molar-refractivity contribution is 0.0493. The first kappa shape index (κ1) is 12.8. The number of aromatic carboxylic acids is 1. The Hall–Kier alpha value is -2.30. The molecule has 0 heterocycles. The van der Waals surface area contributed by atoms with Gasteiger partial charge in [0.05, 0.1) is 17.2 Å². The van der Waals surface area contributed by atoms with Crippen LogP contribution in [-0.2, 0) is 0 Å². The number of phenols is 2. The van der Waals surface area contributed by atoms with Crippen LogP contribution in [0.15, 0.2) is 12.1 Å². The summed E-state index contributed by atoms with van der Waals surface area (Å²) in [5.74, 6) is -2.81. The molecule has 0 fully saturated rings. The van der Waals surface area contributed by atoms with E-state index in [1.807, 2.05) is 0 Å². The summed E-state index contributed by atoms with van der Waals surface area (Å²) in [5, 5.41) is 54.4. The van der Waals surface area contributed by atoms with Gasteiger partial charge in [-0.15, -0.1) is 0 Å². The molecule has 7 nitrogen and oxygen atoms in total. The lowest BCUT2D eigenvalue weighted by atomic mass is 10.0. The summed E-state index contributed by atoms with van der Waals surface area (Å²) >= 11 is 0. The highest BCUT2D eigenvalue weighted by Crippen LogP contribution is 2.35. The highest BCUT2D eigenvalue weighted by Gasteiger charge is 2.25. The van der Waals surface area contributed by atoms with E-state index in [1.54, 1.807) is 0 Å². The predicted octanol–water partition coefficient (Wildman–Crippen LogP) is -0.286. The Kier molecular flexibility index (Phi) is 3.52. The van der Waals surface area contributed by atoms with Gasteiger partial charge in [-0.3, -0.25) is 0 Å². The van der Waals surface area contributed by atoms with Crippen LogP contribution in [-0.4, -0.2) is 37.6 Å². The topological polar surface area (TPSA) is 142 Å². The maximum Gasteiger partial charge on any atom is 0.335 e. The number of aliphatic hydroxyl groups excluding tert-OH is 2. The summed E-state index contributed by atoms with van der Waals surface area (Å²) in [5.41, 5.74) is -0.883. The molecular formula is C10H9NO6. The van der Waals surface area contributed by atoms with Gasteiger partial charge in [0, 0.05) is 0 Å². The van der Waals surface area contributed by atoms with Crippen molar-refractivity contribution in [2.45, 2.75) is 12.2 Å². The quantitative estimate of drug-likeness (QED) is 0.456. The van der Waals surface area contributed by atoms with Gasteiger partial charge < -0.3 is 25.5 Å². The molecule has 1 aromatic carbocycles. The van der Waals surface area contributed by atoms with Gasteiger partial charge in [0.15, 0.2) is 6.10 Å². The minimum absolute atomic E-state index is 0.387. The van der Waals surface area contributed by atoms with Crippen molar-refractivity contribution in [1.82, 2.24) is 0 Å². The van der Waals surface area contributed by atoms with E-state index in [9.17, 15) is 20.1 Å². The summed E-state index contributed by atoms with van der Waals surface area (Å²) in [6, 6.07) is 2.91. The molecule has 0 aliphatic carbocycles. The van der Waals surface area contributed by atoms with Crippen LogP contribution in [0.25, 0.3) is 0 Å². The number of aliphatic hydroxyl groups is 2. The third-order valence-electron chi connectivity index (χ3n) is 2.11. The molecule has 0 spiro atoms. The van der Waals surface area contributed by atoms with E-state index in [-0.39, 0.29) is 5.56 Å². The van der Waals surface area contributed by atoms with Gasteiger partial charge in [-0.1, -0.05) is 0 Å². The fourth-order valence-corrected chi connectivity index (χ4v) is 1.28. The largest absolute Gasteiger partial charge is 0.507 e. The number of phenolic OH excluding ortho intramolecular Hbond substituents is 2. The Balaban J connectivity index is 3.28. The zero-order chi connectivity index (χ0) is 13.2. The Morgan fingerprint density at radius 2 is 1.71 bits per heavy atom. The maximum absolute atomic E-state index is 10.6. The number of carbonyl (C=O) groups is 1. The van der Waals surface area contributed by atoms with Crippen LogP contribution in [0.2, 0.25) is 0 Å². The van der Waals surface area contributed by atoms with Gasteiger partial charge in [-0.05, 0) is 12.1 Å². The molecule has 2 atom stereocenters. The molecule has 0 aliphatic rings. The van der Waals surface area contributed by atoms with Crippen LogP contribution in [0, 0.1) is 11.3 Å². The van der Waals surface area contributed by atoms with Crippen molar-refractivity contribution in [1.29, 1.82) is 5.26 Å². The molecule has 0 aromatic heterocycles. The maximum atomic E-state index is 10.6. The normalized spacial score (nSPS) is 13.7. The number of nitrogens with zero attached hydrogens (tertiary/aromatic N) is 1. The predicted molar refractivity (Wildman–Crippen MR) is 53.3 cm³/mol. The summed E-state index contributed by atoms with van der Waals surface area (Å²) in [4.78, 5) is 10.6. The zero-order valence-corrected chi connectivity index (χ0v) is 8.40. The number of hydrogen-bond acceptors (Lipinski definition) is 6. The Morgan fingerprint density at radius 1 is 1.24 bits per heavy atom. The minimum atomic E-state index is -1.84. The summed E-state index contributed by atoms with van der Waals surface area (Å²) < 4.78 is 0. The van der Waals surface area contributed by atoms with Crippen molar-refractivity contribution in [3.8, 4) is 17.6 Å². The van der Waals surface area contributed by atoms with Gasteiger partial charge in [0.1, 0.15) is 17.6 Å². The van der Waals surface area contributed by atoms with Gasteiger partial charge in [0.2, 0.25) is 0 Å². The second-order valence-electron chi connectivity index (χ2n) is 3.25. The van der Waals surface area contributed by atoms with Crippen LogP contribution >= 0.6 is 0 Å².